The minimum atomic E-state index is 0.145. The molecule has 1 aromatic carbocycles. The number of amides is 1. The van der Waals surface area contributed by atoms with Crippen LogP contribution in [-0.2, 0) is 24.4 Å². The van der Waals surface area contributed by atoms with Crippen LogP contribution in [0.1, 0.15) is 29.7 Å². The topological polar surface area (TPSA) is 51.0 Å². The van der Waals surface area contributed by atoms with Crippen molar-refractivity contribution in [2.45, 2.75) is 39.4 Å². The van der Waals surface area contributed by atoms with Crippen LogP contribution in [0.5, 0.6) is 0 Å². The molecule has 0 saturated heterocycles. The van der Waals surface area contributed by atoms with Gasteiger partial charge in [-0.25, -0.2) is 0 Å². The Balaban J connectivity index is 1.67. The maximum absolute atomic E-state index is 12.9. The number of hydrogen-bond donors (Lipinski definition) is 0. The summed E-state index contributed by atoms with van der Waals surface area (Å²) >= 11 is 0. The molecule has 0 aliphatic rings. The third-order valence-electron chi connectivity index (χ3n) is 4.39. The lowest BCUT2D eigenvalue weighted by atomic mass is 10.1. The van der Waals surface area contributed by atoms with E-state index in [1.54, 1.807) is 12.4 Å². The van der Waals surface area contributed by atoms with Crippen LogP contribution in [0.15, 0.2) is 67.1 Å². The predicted octanol–water partition coefficient (Wildman–Crippen LogP) is 3.60. The first kappa shape index (κ1) is 17.9. The van der Waals surface area contributed by atoms with Crippen LogP contribution in [-0.4, -0.2) is 25.6 Å². The van der Waals surface area contributed by atoms with Crippen molar-refractivity contribution >= 4 is 5.91 Å². The molecule has 0 unspecified atom stereocenters. The van der Waals surface area contributed by atoms with E-state index in [1.807, 2.05) is 52.2 Å². The molecule has 2 heterocycles. The lowest BCUT2D eigenvalue weighted by Crippen LogP contribution is -2.30. The third kappa shape index (κ3) is 5.02. The zero-order valence-corrected chi connectivity index (χ0v) is 15.1. The number of hydrogen-bond acceptors (Lipinski definition) is 3. The van der Waals surface area contributed by atoms with Crippen molar-refractivity contribution in [3.8, 4) is 0 Å². The fourth-order valence-corrected chi connectivity index (χ4v) is 2.90. The zero-order valence-electron chi connectivity index (χ0n) is 15.1. The number of aromatic nitrogens is 3. The number of carbonyl (C=O) groups excluding carboxylic acids is 1. The van der Waals surface area contributed by atoms with E-state index in [9.17, 15) is 4.79 Å². The smallest absolute Gasteiger partial charge is 0.223 e. The van der Waals surface area contributed by atoms with Crippen LogP contribution in [0.25, 0.3) is 0 Å². The van der Waals surface area contributed by atoms with Crippen molar-refractivity contribution in [1.82, 2.24) is 19.7 Å². The number of nitrogens with zero attached hydrogens (tertiary/aromatic N) is 4. The molecule has 0 aliphatic heterocycles. The van der Waals surface area contributed by atoms with Gasteiger partial charge in [0.2, 0.25) is 5.91 Å². The molecule has 2 aromatic heterocycles. The standard InChI is InChI=1S/C21H24N4O/c1-18-8-2-3-9-19(18)16-24(17-20-10-4-5-12-22-20)21(26)11-6-14-25-15-7-13-23-25/h2-5,7-10,12-13,15H,6,11,14,16-17H2,1H3. The molecule has 1 amide bonds. The molecular formula is C21H24N4O. The van der Waals surface area contributed by atoms with Gasteiger partial charge < -0.3 is 4.90 Å². The molecule has 0 bridgehead atoms. The van der Waals surface area contributed by atoms with E-state index in [-0.39, 0.29) is 5.91 Å². The molecule has 0 saturated carbocycles. The number of aryl methyl sites for hydroxylation is 2. The van der Waals surface area contributed by atoms with Crippen molar-refractivity contribution in [2.75, 3.05) is 0 Å². The normalized spacial score (nSPS) is 10.7. The number of benzene rings is 1. The first-order chi connectivity index (χ1) is 12.7. The molecule has 0 fully saturated rings. The lowest BCUT2D eigenvalue weighted by molar-refractivity contribution is -0.132. The van der Waals surface area contributed by atoms with Crippen LogP contribution >= 0.6 is 0 Å². The summed E-state index contributed by atoms with van der Waals surface area (Å²) < 4.78 is 1.86. The van der Waals surface area contributed by atoms with Crippen molar-refractivity contribution < 1.29 is 4.79 Å². The molecule has 5 nitrogen and oxygen atoms in total. The second-order valence-electron chi connectivity index (χ2n) is 6.37. The van der Waals surface area contributed by atoms with E-state index in [4.69, 9.17) is 0 Å². The zero-order chi connectivity index (χ0) is 18.2. The van der Waals surface area contributed by atoms with Crippen molar-refractivity contribution in [2.24, 2.45) is 0 Å². The Labute approximate surface area is 154 Å². The van der Waals surface area contributed by atoms with Crippen molar-refractivity contribution in [1.29, 1.82) is 0 Å². The molecule has 5 heteroatoms. The number of carbonyl (C=O) groups is 1. The van der Waals surface area contributed by atoms with E-state index in [0.717, 1.165) is 18.7 Å². The Hall–Kier alpha value is -2.95. The first-order valence-electron chi connectivity index (χ1n) is 8.92. The van der Waals surface area contributed by atoms with E-state index in [0.29, 0.717) is 19.5 Å². The number of rotatable bonds is 8. The highest BCUT2D eigenvalue weighted by Gasteiger charge is 2.16. The molecule has 0 spiro atoms. The van der Waals surface area contributed by atoms with Crippen molar-refractivity contribution in [3.63, 3.8) is 0 Å². The minimum absolute atomic E-state index is 0.145. The highest BCUT2D eigenvalue weighted by molar-refractivity contribution is 5.76. The van der Waals surface area contributed by atoms with Gasteiger partial charge in [-0.3, -0.25) is 14.5 Å². The SMILES string of the molecule is Cc1ccccc1CN(Cc1ccccn1)C(=O)CCCn1cccn1. The minimum Gasteiger partial charge on any atom is -0.332 e. The van der Waals surface area contributed by atoms with Crippen LogP contribution in [0, 0.1) is 6.92 Å². The molecule has 26 heavy (non-hydrogen) atoms. The van der Waals surface area contributed by atoms with Gasteiger partial charge in [-0.05, 0) is 42.7 Å². The van der Waals surface area contributed by atoms with Gasteiger partial charge in [0.05, 0.1) is 12.2 Å². The second-order valence-corrected chi connectivity index (χ2v) is 6.37. The van der Waals surface area contributed by atoms with E-state index in [2.05, 4.69) is 29.1 Å². The Kier molecular flexibility index (Phi) is 6.14. The molecule has 0 N–H and O–H groups in total. The van der Waals surface area contributed by atoms with E-state index >= 15 is 0 Å². The van der Waals surface area contributed by atoms with Crippen LogP contribution in [0.4, 0.5) is 0 Å². The van der Waals surface area contributed by atoms with Gasteiger partial charge in [0, 0.05) is 38.1 Å². The second kappa shape index (κ2) is 8.94. The van der Waals surface area contributed by atoms with E-state index in [1.165, 1.54) is 11.1 Å². The monoisotopic (exact) mass is 348 g/mol. The van der Waals surface area contributed by atoms with Crippen molar-refractivity contribution in [3.05, 3.63) is 83.9 Å². The van der Waals surface area contributed by atoms with Gasteiger partial charge in [-0.2, -0.15) is 5.10 Å². The Morgan fingerprint density at radius 2 is 1.88 bits per heavy atom. The average molecular weight is 348 g/mol. The molecule has 3 aromatic rings. The molecule has 134 valence electrons. The maximum atomic E-state index is 12.9. The quantitative estimate of drug-likeness (QED) is 0.625. The first-order valence-corrected chi connectivity index (χ1v) is 8.92. The Bertz CT molecular complexity index is 815. The van der Waals surface area contributed by atoms with Gasteiger partial charge in [-0.1, -0.05) is 30.3 Å². The van der Waals surface area contributed by atoms with Crippen LogP contribution in [0.2, 0.25) is 0 Å². The lowest BCUT2D eigenvalue weighted by Gasteiger charge is -2.23. The fraction of sp³-hybridized carbons (Fsp3) is 0.286. The summed E-state index contributed by atoms with van der Waals surface area (Å²) in [6.45, 7) is 3.95. The largest absolute Gasteiger partial charge is 0.332 e. The molecular weight excluding hydrogens is 324 g/mol. The summed E-state index contributed by atoms with van der Waals surface area (Å²) in [5, 5.41) is 4.19. The van der Waals surface area contributed by atoms with Gasteiger partial charge in [-0.15, -0.1) is 0 Å². The maximum Gasteiger partial charge on any atom is 0.223 e. The number of pyridine rings is 1. The predicted molar refractivity (Wildman–Crippen MR) is 101 cm³/mol. The van der Waals surface area contributed by atoms with Crippen LogP contribution < -0.4 is 0 Å². The third-order valence-corrected chi connectivity index (χ3v) is 4.39. The summed E-state index contributed by atoms with van der Waals surface area (Å²) in [6.07, 6.45) is 6.71. The van der Waals surface area contributed by atoms with Crippen LogP contribution in [0.3, 0.4) is 0 Å². The fourth-order valence-electron chi connectivity index (χ4n) is 2.90. The molecule has 0 radical (unpaired) electrons. The van der Waals surface area contributed by atoms with Gasteiger partial charge in [0.25, 0.3) is 0 Å². The molecule has 3 rings (SSSR count). The van der Waals surface area contributed by atoms with Gasteiger partial charge >= 0.3 is 0 Å². The Morgan fingerprint density at radius 1 is 1.04 bits per heavy atom. The van der Waals surface area contributed by atoms with E-state index < -0.39 is 0 Å². The highest BCUT2D eigenvalue weighted by Crippen LogP contribution is 2.14. The molecule has 0 aliphatic carbocycles. The van der Waals surface area contributed by atoms with Gasteiger partial charge in [0.15, 0.2) is 0 Å². The Morgan fingerprint density at radius 3 is 2.62 bits per heavy atom. The molecule has 0 atom stereocenters. The van der Waals surface area contributed by atoms with Gasteiger partial charge in [0.1, 0.15) is 0 Å². The summed E-state index contributed by atoms with van der Waals surface area (Å²) in [5.41, 5.74) is 3.27. The highest BCUT2D eigenvalue weighted by atomic mass is 16.2. The average Bonchev–Trinajstić information content (AvgIpc) is 3.17. The summed E-state index contributed by atoms with van der Waals surface area (Å²) in [5.74, 6) is 0.145. The summed E-state index contributed by atoms with van der Waals surface area (Å²) in [4.78, 5) is 19.1. The summed E-state index contributed by atoms with van der Waals surface area (Å²) in [7, 11) is 0. The summed E-state index contributed by atoms with van der Waals surface area (Å²) in [6, 6.07) is 15.9.